The summed E-state index contributed by atoms with van der Waals surface area (Å²) in [5.41, 5.74) is 1.83. The monoisotopic (exact) mass is 351 g/mol. The van der Waals surface area contributed by atoms with E-state index in [2.05, 4.69) is 31.2 Å². The molecule has 0 atom stereocenters. The number of aryl methyl sites for hydroxylation is 1. The molecule has 4 rings (SSSR count). The first kappa shape index (κ1) is 12.3. The second kappa shape index (κ2) is 4.82. The molecule has 0 N–H and O–H groups in total. The van der Waals surface area contributed by atoms with Gasteiger partial charge in [-0.05, 0) is 41.3 Å². The van der Waals surface area contributed by atoms with Gasteiger partial charge in [-0.3, -0.25) is 0 Å². The summed E-state index contributed by atoms with van der Waals surface area (Å²) in [4.78, 5) is 5.40. The molecule has 20 heavy (non-hydrogen) atoms. The smallest absolute Gasteiger partial charge is 0.280 e. The Kier molecular flexibility index (Phi) is 2.96. The summed E-state index contributed by atoms with van der Waals surface area (Å²) in [7, 11) is 0. The second-order valence-electron chi connectivity index (χ2n) is 4.69. The number of aromatic nitrogens is 3. The zero-order chi connectivity index (χ0) is 13.5. The largest absolute Gasteiger partial charge is 0.360 e. The first-order chi connectivity index (χ1) is 9.81. The van der Waals surface area contributed by atoms with Gasteiger partial charge in [0.15, 0.2) is 5.69 Å². The normalized spacial score (nSPS) is 14.4. The summed E-state index contributed by atoms with van der Waals surface area (Å²) in [5, 5.41) is 10.1. The van der Waals surface area contributed by atoms with E-state index in [9.17, 15) is 0 Å². The van der Waals surface area contributed by atoms with Crippen LogP contribution in [0.15, 0.2) is 25.0 Å². The van der Waals surface area contributed by atoms with Crippen molar-refractivity contribution in [2.75, 3.05) is 0 Å². The molecule has 0 fully saturated rings. The van der Waals surface area contributed by atoms with Gasteiger partial charge in [-0.1, -0.05) is 10.3 Å². The molecule has 102 valence electrons. The van der Waals surface area contributed by atoms with E-state index in [4.69, 9.17) is 9.05 Å². The van der Waals surface area contributed by atoms with Crippen molar-refractivity contribution in [2.45, 2.75) is 25.7 Å². The van der Waals surface area contributed by atoms with E-state index in [0.29, 0.717) is 17.4 Å². The molecular weight excluding hydrogens is 342 g/mol. The first-order valence-corrected chi connectivity index (χ1v) is 8.04. The number of hydrogen-bond donors (Lipinski definition) is 0. The molecule has 0 amide bonds. The van der Waals surface area contributed by atoms with Gasteiger partial charge >= 0.3 is 0 Å². The van der Waals surface area contributed by atoms with Gasteiger partial charge in [-0.25, -0.2) is 0 Å². The van der Waals surface area contributed by atoms with Crippen LogP contribution in [0, 0.1) is 0 Å². The minimum atomic E-state index is 0.441. The van der Waals surface area contributed by atoms with Crippen molar-refractivity contribution < 1.29 is 9.05 Å². The number of fused-ring (bicyclic) bond motifs is 1. The highest BCUT2D eigenvalue weighted by molar-refractivity contribution is 9.10. The van der Waals surface area contributed by atoms with Gasteiger partial charge in [0.2, 0.25) is 5.82 Å². The molecule has 0 unspecified atom stereocenters. The van der Waals surface area contributed by atoms with Crippen LogP contribution >= 0.6 is 27.3 Å². The number of thiophene rings is 1. The van der Waals surface area contributed by atoms with Gasteiger partial charge in [-0.2, -0.15) is 4.98 Å². The lowest BCUT2D eigenvalue weighted by molar-refractivity contribution is 0.369. The number of nitrogens with zero attached hydrogens (tertiary/aromatic N) is 3. The molecule has 0 aromatic carbocycles. The Balaban J connectivity index is 1.73. The Bertz CT molecular complexity index is 761. The third-order valence-electron chi connectivity index (χ3n) is 3.37. The maximum atomic E-state index is 5.38. The van der Waals surface area contributed by atoms with Crippen molar-refractivity contribution in [3.8, 4) is 22.3 Å². The van der Waals surface area contributed by atoms with Gasteiger partial charge in [-0.15, -0.1) is 11.3 Å². The van der Waals surface area contributed by atoms with Gasteiger partial charge in [0.05, 0.1) is 4.88 Å². The molecule has 0 radical (unpaired) electrons. The lowest BCUT2D eigenvalue weighted by Crippen LogP contribution is -2.00. The molecule has 0 saturated heterocycles. The van der Waals surface area contributed by atoms with E-state index in [1.807, 2.05) is 11.4 Å². The molecule has 0 bridgehead atoms. The lowest BCUT2D eigenvalue weighted by atomic mass is 9.96. The van der Waals surface area contributed by atoms with E-state index in [0.717, 1.165) is 46.4 Å². The predicted octanol–water partition coefficient (Wildman–Crippen LogP) is 4.09. The van der Waals surface area contributed by atoms with Crippen molar-refractivity contribution in [1.82, 2.24) is 15.3 Å². The second-order valence-corrected chi connectivity index (χ2v) is 6.52. The highest BCUT2D eigenvalue weighted by atomic mass is 79.9. The first-order valence-electron chi connectivity index (χ1n) is 6.37. The standard InChI is InChI=1S/C13H10BrN3O2S/c14-7-5-10(20-6-7)12-15-13(19-17-12)11-8-3-1-2-4-9(8)18-16-11/h5-6H,1-4H2. The fourth-order valence-electron chi connectivity index (χ4n) is 2.40. The summed E-state index contributed by atoms with van der Waals surface area (Å²) in [5.74, 6) is 1.99. The van der Waals surface area contributed by atoms with Crippen molar-refractivity contribution >= 4 is 27.3 Å². The number of hydrogen-bond acceptors (Lipinski definition) is 6. The quantitative estimate of drug-likeness (QED) is 0.695. The molecular formula is C13H10BrN3O2S. The Morgan fingerprint density at radius 2 is 2.05 bits per heavy atom. The Hall–Kier alpha value is -1.47. The molecule has 0 saturated carbocycles. The van der Waals surface area contributed by atoms with E-state index in [-0.39, 0.29) is 0 Å². The van der Waals surface area contributed by atoms with Crippen LogP contribution in [-0.4, -0.2) is 15.3 Å². The molecule has 0 spiro atoms. The lowest BCUT2D eigenvalue weighted by Gasteiger charge is -2.07. The van der Waals surface area contributed by atoms with Crippen LogP contribution in [0.25, 0.3) is 22.3 Å². The summed E-state index contributed by atoms with van der Waals surface area (Å²) in [6, 6.07) is 1.97. The highest BCUT2D eigenvalue weighted by Gasteiger charge is 2.24. The zero-order valence-corrected chi connectivity index (χ0v) is 12.8. The molecule has 1 aliphatic rings. The molecule has 3 aromatic heterocycles. The Morgan fingerprint density at radius 3 is 2.90 bits per heavy atom. The van der Waals surface area contributed by atoms with Crippen LogP contribution in [0.2, 0.25) is 0 Å². The average molecular weight is 352 g/mol. The van der Waals surface area contributed by atoms with Gasteiger partial charge in [0.25, 0.3) is 5.89 Å². The summed E-state index contributed by atoms with van der Waals surface area (Å²) < 4.78 is 11.7. The van der Waals surface area contributed by atoms with E-state index < -0.39 is 0 Å². The van der Waals surface area contributed by atoms with Crippen molar-refractivity contribution in [1.29, 1.82) is 0 Å². The molecule has 3 aromatic rings. The van der Waals surface area contributed by atoms with E-state index in [1.54, 1.807) is 11.3 Å². The summed E-state index contributed by atoms with van der Waals surface area (Å²) in [6.07, 6.45) is 4.22. The van der Waals surface area contributed by atoms with Crippen LogP contribution in [0.4, 0.5) is 0 Å². The maximum absolute atomic E-state index is 5.38. The fraction of sp³-hybridized carbons (Fsp3) is 0.308. The van der Waals surface area contributed by atoms with Gasteiger partial charge in [0.1, 0.15) is 5.76 Å². The molecule has 7 heteroatoms. The highest BCUT2D eigenvalue weighted by Crippen LogP contribution is 2.33. The minimum absolute atomic E-state index is 0.441. The number of rotatable bonds is 2. The molecule has 1 aliphatic carbocycles. The third kappa shape index (κ3) is 2.01. The fourth-order valence-corrected chi connectivity index (χ4v) is 3.75. The van der Waals surface area contributed by atoms with Crippen LogP contribution in [0.3, 0.4) is 0 Å². The Morgan fingerprint density at radius 1 is 1.15 bits per heavy atom. The Labute approximate surface area is 127 Å². The number of halogens is 1. The van der Waals surface area contributed by atoms with Crippen molar-refractivity contribution in [3.63, 3.8) is 0 Å². The zero-order valence-electron chi connectivity index (χ0n) is 10.4. The topological polar surface area (TPSA) is 65.0 Å². The average Bonchev–Trinajstić information content (AvgIpc) is 3.15. The van der Waals surface area contributed by atoms with Crippen LogP contribution in [-0.2, 0) is 12.8 Å². The minimum Gasteiger partial charge on any atom is -0.360 e. The van der Waals surface area contributed by atoms with E-state index in [1.165, 1.54) is 0 Å². The van der Waals surface area contributed by atoms with Gasteiger partial charge in [0, 0.05) is 21.8 Å². The predicted molar refractivity (Wildman–Crippen MR) is 77.5 cm³/mol. The maximum Gasteiger partial charge on any atom is 0.280 e. The van der Waals surface area contributed by atoms with Gasteiger partial charge < -0.3 is 9.05 Å². The van der Waals surface area contributed by atoms with Crippen molar-refractivity contribution in [3.05, 3.63) is 27.2 Å². The summed E-state index contributed by atoms with van der Waals surface area (Å²) in [6.45, 7) is 0. The van der Waals surface area contributed by atoms with E-state index >= 15 is 0 Å². The van der Waals surface area contributed by atoms with Crippen LogP contribution in [0.5, 0.6) is 0 Å². The van der Waals surface area contributed by atoms with Crippen LogP contribution < -0.4 is 0 Å². The summed E-state index contributed by atoms with van der Waals surface area (Å²) >= 11 is 4.99. The molecule has 0 aliphatic heterocycles. The molecule has 5 nitrogen and oxygen atoms in total. The SMILES string of the molecule is Brc1csc(-c2noc(-c3noc4c3CCCC4)n2)c1. The third-order valence-corrected chi connectivity index (χ3v) is 5.05. The van der Waals surface area contributed by atoms with Crippen molar-refractivity contribution in [2.24, 2.45) is 0 Å². The molecule has 3 heterocycles. The van der Waals surface area contributed by atoms with Crippen LogP contribution in [0.1, 0.15) is 24.2 Å².